The van der Waals surface area contributed by atoms with Crippen molar-refractivity contribution < 1.29 is 42.3 Å². The minimum absolute atomic E-state index is 0.00457. The standard InChI is InChI=1S/C30H29FN4O8/c1-29(2,3)27(39)42-14-35-26(38)30(33-28(35)40,13-34-12-16-5-6-19(41-4)23(31)22(16)25(34)37)21-10-17-9-15-7-8-32-24(36)18(15)11-20(17)43-21/h5-6,9-11H,7-8,12-14H2,1-4H3,(H,32,36)(H,33,40)/t30-/m0/s1. The Hall–Kier alpha value is -4.94. The number of methoxy groups -OCH3 is 1. The monoisotopic (exact) mass is 592 g/mol. The summed E-state index contributed by atoms with van der Waals surface area (Å²) in [5, 5.41) is 6.01. The number of imide groups is 1. The zero-order valence-corrected chi connectivity index (χ0v) is 24.0. The maximum atomic E-state index is 15.1. The van der Waals surface area contributed by atoms with Crippen LogP contribution in [0.4, 0.5) is 9.18 Å². The lowest BCUT2D eigenvalue weighted by atomic mass is 9.94. The fourth-order valence-corrected chi connectivity index (χ4v) is 5.57. The Morgan fingerprint density at radius 1 is 1.12 bits per heavy atom. The third-order valence-electron chi connectivity index (χ3n) is 7.90. The van der Waals surface area contributed by atoms with E-state index in [1.807, 2.05) is 0 Å². The van der Waals surface area contributed by atoms with Crippen LogP contribution in [0.15, 0.2) is 34.7 Å². The minimum Gasteiger partial charge on any atom is -0.494 e. The third kappa shape index (κ3) is 4.46. The fraction of sp³-hybridized carbons (Fsp3) is 0.367. The van der Waals surface area contributed by atoms with Gasteiger partial charge in [-0.05, 0) is 62.6 Å². The first-order chi connectivity index (χ1) is 20.3. The Labute approximate surface area is 245 Å². The van der Waals surface area contributed by atoms with Crippen molar-refractivity contribution >= 4 is 40.7 Å². The molecule has 3 aromatic rings. The average Bonchev–Trinajstić information content (AvgIpc) is 3.59. The lowest BCUT2D eigenvalue weighted by Gasteiger charge is -2.29. The Morgan fingerprint density at radius 3 is 2.60 bits per heavy atom. The van der Waals surface area contributed by atoms with Crippen molar-refractivity contribution in [3.05, 3.63) is 64.2 Å². The molecule has 0 unspecified atom stereocenters. The van der Waals surface area contributed by atoms with E-state index in [9.17, 15) is 24.0 Å². The Kier molecular flexibility index (Phi) is 6.44. The summed E-state index contributed by atoms with van der Waals surface area (Å²) >= 11 is 0. The molecule has 2 N–H and O–H groups in total. The number of furan rings is 1. The summed E-state index contributed by atoms with van der Waals surface area (Å²) in [7, 11) is 1.29. The second-order valence-corrected chi connectivity index (χ2v) is 11.8. The number of hydrogen-bond acceptors (Lipinski definition) is 8. The van der Waals surface area contributed by atoms with Crippen molar-refractivity contribution in [2.75, 3.05) is 26.9 Å². The lowest BCUT2D eigenvalue weighted by molar-refractivity contribution is -0.158. The maximum Gasteiger partial charge on any atom is 0.328 e. The average molecular weight is 593 g/mol. The normalized spacial score (nSPS) is 19.8. The molecular formula is C30H29FN4O8. The summed E-state index contributed by atoms with van der Waals surface area (Å²) < 4.78 is 31.5. The van der Waals surface area contributed by atoms with Crippen molar-refractivity contribution in [1.29, 1.82) is 0 Å². The smallest absolute Gasteiger partial charge is 0.328 e. The number of rotatable bonds is 6. The summed E-state index contributed by atoms with van der Waals surface area (Å²) in [6, 6.07) is 7.02. The van der Waals surface area contributed by atoms with Crippen molar-refractivity contribution in [2.24, 2.45) is 5.41 Å². The maximum absolute atomic E-state index is 15.1. The molecule has 13 heteroatoms. The van der Waals surface area contributed by atoms with Crippen LogP contribution in [0, 0.1) is 11.2 Å². The topological polar surface area (TPSA) is 147 Å². The minimum atomic E-state index is -1.95. The quantitative estimate of drug-likeness (QED) is 0.328. The highest BCUT2D eigenvalue weighted by Crippen LogP contribution is 2.39. The lowest BCUT2D eigenvalue weighted by Crippen LogP contribution is -2.52. The van der Waals surface area contributed by atoms with Crippen LogP contribution in [0.3, 0.4) is 0 Å². The molecule has 0 aliphatic carbocycles. The van der Waals surface area contributed by atoms with E-state index in [0.717, 1.165) is 10.5 Å². The van der Waals surface area contributed by atoms with Gasteiger partial charge in [-0.15, -0.1) is 0 Å². The molecule has 0 saturated carbocycles. The van der Waals surface area contributed by atoms with Gasteiger partial charge in [0.25, 0.3) is 17.7 Å². The molecule has 6 rings (SSSR count). The van der Waals surface area contributed by atoms with Crippen LogP contribution in [-0.4, -0.2) is 66.5 Å². The van der Waals surface area contributed by atoms with Gasteiger partial charge in [0.2, 0.25) is 0 Å². The van der Waals surface area contributed by atoms with E-state index in [4.69, 9.17) is 13.9 Å². The van der Waals surface area contributed by atoms with E-state index in [0.29, 0.717) is 29.5 Å². The third-order valence-corrected chi connectivity index (χ3v) is 7.90. The molecule has 1 atom stereocenters. The van der Waals surface area contributed by atoms with Crippen molar-refractivity contribution in [3.63, 3.8) is 0 Å². The van der Waals surface area contributed by atoms with E-state index in [-0.39, 0.29) is 35.1 Å². The first-order valence-electron chi connectivity index (χ1n) is 13.6. The molecule has 12 nitrogen and oxygen atoms in total. The van der Waals surface area contributed by atoms with Gasteiger partial charge < -0.3 is 29.4 Å². The number of carbonyl (C=O) groups excluding carboxylic acids is 5. The van der Waals surface area contributed by atoms with E-state index >= 15 is 4.39 Å². The van der Waals surface area contributed by atoms with Gasteiger partial charge in [-0.3, -0.25) is 19.2 Å². The number of carbonyl (C=O) groups is 5. The number of nitrogens with zero attached hydrogens (tertiary/aromatic N) is 2. The van der Waals surface area contributed by atoms with E-state index in [1.165, 1.54) is 18.1 Å². The van der Waals surface area contributed by atoms with Gasteiger partial charge in [-0.25, -0.2) is 14.1 Å². The second kappa shape index (κ2) is 9.82. The number of amides is 5. The van der Waals surface area contributed by atoms with Crippen molar-refractivity contribution in [2.45, 2.75) is 39.3 Å². The van der Waals surface area contributed by atoms with Gasteiger partial charge in [0.15, 0.2) is 23.8 Å². The van der Waals surface area contributed by atoms with Crippen LogP contribution >= 0.6 is 0 Å². The van der Waals surface area contributed by atoms with Gasteiger partial charge in [-0.2, -0.15) is 0 Å². The van der Waals surface area contributed by atoms with Gasteiger partial charge in [0.05, 0.1) is 24.6 Å². The molecule has 0 spiro atoms. The first kappa shape index (κ1) is 28.2. The molecule has 224 valence electrons. The van der Waals surface area contributed by atoms with Crippen LogP contribution in [0.1, 0.15) is 58.4 Å². The van der Waals surface area contributed by atoms with E-state index in [2.05, 4.69) is 10.6 Å². The van der Waals surface area contributed by atoms with Crippen LogP contribution in [0.25, 0.3) is 11.0 Å². The van der Waals surface area contributed by atoms with E-state index < -0.39 is 53.9 Å². The predicted octanol–water partition coefficient (Wildman–Crippen LogP) is 2.82. The number of benzene rings is 2. The molecule has 43 heavy (non-hydrogen) atoms. The van der Waals surface area contributed by atoms with Crippen LogP contribution in [-0.2, 0) is 32.8 Å². The molecule has 2 aromatic carbocycles. The molecule has 1 saturated heterocycles. The number of urea groups is 1. The molecule has 3 aliphatic rings. The number of nitrogens with one attached hydrogen (secondary N) is 2. The van der Waals surface area contributed by atoms with Gasteiger partial charge in [-0.1, -0.05) is 6.07 Å². The Morgan fingerprint density at radius 2 is 1.88 bits per heavy atom. The van der Waals surface area contributed by atoms with E-state index in [1.54, 1.807) is 45.0 Å². The first-order valence-corrected chi connectivity index (χ1v) is 13.6. The Bertz CT molecular complexity index is 1740. The number of fused-ring (bicyclic) bond motifs is 3. The van der Waals surface area contributed by atoms with Gasteiger partial charge in [0.1, 0.15) is 11.3 Å². The zero-order valence-electron chi connectivity index (χ0n) is 24.0. The number of esters is 1. The van der Waals surface area contributed by atoms with Crippen LogP contribution in [0.5, 0.6) is 5.75 Å². The van der Waals surface area contributed by atoms with Gasteiger partial charge >= 0.3 is 12.0 Å². The zero-order chi connectivity index (χ0) is 30.8. The molecule has 5 amide bonds. The summed E-state index contributed by atoms with van der Waals surface area (Å²) in [5.74, 6) is -3.36. The molecule has 0 radical (unpaired) electrons. The van der Waals surface area contributed by atoms with Crippen molar-refractivity contribution in [3.8, 4) is 5.75 Å². The largest absolute Gasteiger partial charge is 0.494 e. The summed E-state index contributed by atoms with van der Waals surface area (Å²) in [6.07, 6.45) is 0.598. The summed E-state index contributed by atoms with van der Waals surface area (Å²) in [6.45, 7) is 4.23. The highest BCUT2D eigenvalue weighted by Gasteiger charge is 2.57. The number of hydrogen-bond donors (Lipinski definition) is 2. The van der Waals surface area contributed by atoms with Crippen LogP contribution in [0.2, 0.25) is 0 Å². The highest BCUT2D eigenvalue weighted by molar-refractivity contribution is 6.09. The van der Waals surface area contributed by atoms with Crippen molar-refractivity contribution in [1.82, 2.24) is 20.4 Å². The molecule has 1 aromatic heterocycles. The highest BCUT2D eigenvalue weighted by atomic mass is 19.1. The molecule has 4 heterocycles. The second-order valence-electron chi connectivity index (χ2n) is 11.8. The summed E-state index contributed by atoms with van der Waals surface area (Å²) in [5.41, 5.74) is -1.13. The Balaban J connectivity index is 1.41. The molecule has 0 bridgehead atoms. The number of ether oxygens (including phenoxy) is 2. The summed E-state index contributed by atoms with van der Waals surface area (Å²) in [4.78, 5) is 67.7. The van der Waals surface area contributed by atoms with Crippen LogP contribution < -0.4 is 15.4 Å². The van der Waals surface area contributed by atoms with Gasteiger partial charge in [0, 0.05) is 24.0 Å². The number of halogens is 1. The SMILES string of the molecule is COc1ccc2c(c1F)C(=O)N(C[C@@]1(c3cc4cc5c(cc4o3)C(=O)NCC5)NC(=O)N(COC(=O)C(C)(C)C)C1=O)C2. The molecule has 1 fully saturated rings. The molecular weight excluding hydrogens is 563 g/mol. The fourth-order valence-electron chi connectivity index (χ4n) is 5.57. The predicted molar refractivity (Wildman–Crippen MR) is 147 cm³/mol. The molecule has 3 aliphatic heterocycles.